The maximum Gasteiger partial charge on any atom is 0.226 e. The number of amides is 1. The second kappa shape index (κ2) is 5.62. The molecule has 0 aliphatic carbocycles. The van der Waals surface area contributed by atoms with Crippen LogP contribution in [0.25, 0.3) is 11.0 Å². The van der Waals surface area contributed by atoms with Crippen molar-refractivity contribution in [1.82, 2.24) is 25.5 Å². The Hall–Kier alpha value is -1.89. The molecule has 3 N–H and O–H groups in total. The lowest BCUT2D eigenvalue weighted by Gasteiger charge is -2.20. The molecule has 2 aromatic rings. The van der Waals surface area contributed by atoms with Crippen molar-refractivity contribution in [2.24, 2.45) is 0 Å². The molecule has 2 aromatic heterocycles. The van der Waals surface area contributed by atoms with Crippen LogP contribution in [0.15, 0.2) is 6.20 Å². The maximum absolute atomic E-state index is 11.7. The zero-order chi connectivity index (χ0) is 14.8. The van der Waals surface area contributed by atoms with Crippen LogP contribution < -0.4 is 10.6 Å². The fourth-order valence-electron chi connectivity index (χ4n) is 1.72. The molecule has 0 aliphatic heterocycles. The fourth-order valence-corrected chi connectivity index (χ4v) is 1.89. The summed E-state index contributed by atoms with van der Waals surface area (Å²) in [5, 5.41) is 13.5. The first-order valence-electron chi connectivity index (χ1n) is 6.27. The molecular formula is C12H17ClN6O. The average Bonchev–Trinajstić information content (AvgIpc) is 2.74. The summed E-state index contributed by atoms with van der Waals surface area (Å²) in [5.74, 6) is 0.547. The maximum atomic E-state index is 11.7. The molecular weight excluding hydrogens is 280 g/mol. The van der Waals surface area contributed by atoms with E-state index >= 15 is 0 Å². The molecule has 2 heterocycles. The molecule has 0 unspecified atom stereocenters. The Morgan fingerprint density at radius 2 is 2.15 bits per heavy atom. The molecule has 0 radical (unpaired) electrons. The van der Waals surface area contributed by atoms with Crippen molar-refractivity contribution in [3.8, 4) is 0 Å². The standard InChI is InChI=1S/C12H17ClN6O/c1-12(2,3)18-8(20)4-5-14-9-7-6-15-19-10(7)17-11(13)16-9/h6H,4-5H2,1-3H3,(H,18,20)(H2,14,15,16,17,19). The summed E-state index contributed by atoms with van der Waals surface area (Å²) < 4.78 is 0. The first-order chi connectivity index (χ1) is 9.35. The minimum absolute atomic E-state index is 0.0198. The molecule has 7 nitrogen and oxygen atoms in total. The minimum atomic E-state index is -0.229. The normalized spacial score (nSPS) is 11.6. The lowest BCUT2D eigenvalue weighted by molar-refractivity contribution is -0.122. The van der Waals surface area contributed by atoms with Gasteiger partial charge in [-0.3, -0.25) is 9.89 Å². The van der Waals surface area contributed by atoms with Crippen molar-refractivity contribution in [3.63, 3.8) is 0 Å². The van der Waals surface area contributed by atoms with Gasteiger partial charge in [0.25, 0.3) is 0 Å². The van der Waals surface area contributed by atoms with Crippen LogP contribution in [0.3, 0.4) is 0 Å². The van der Waals surface area contributed by atoms with Gasteiger partial charge in [0, 0.05) is 18.5 Å². The quantitative estimate of drug-likeness (QED) is 0.747. The van der Waals surface area contributed by atoms with E-state index in [2.05, 4.69) is 30.8 Å². The van der Waals surface area contributed by atoms with Gasteiger partial charge in [0.05, 0.1) is 11.6 Å². The van der Waals surface area contributed by atoms with Crippen molar-refractivity contribution in [2.45, 2.75) is 32.7 Å². The third kappa shape index (κ3) is 3.80. The van der Waals surface area contributed by atoms with E-state index in [1.54, 1.807) is 6.20 Å². The lowest BCUT2D eigenvalue weighted by atomic mass is 10.1. The van der Waals surface area contributed by atoms with Gasteiger partial charge in [-0.15, -0.1) is 0 Å². The van der Waals surface area contributed by atoms with E-state index in [0.717, 1.165) is 5.39 Å². The number of aromatic nitrogens is 4. The first kappa shape index (κ1) is 14.5. The van der Waals surface area contributed by atoms with Crippen molar-refractivity contribution in [1.29, 1.82) is 0 Å². The largest absolute Gasteiger partial charge is 0.369 e. The molecule has 0 aromatic carbocycles. The van der Waals surface area contributed by atoms with Gasteiger partial charge in [-0.2, -0.15) is 15.1 Å². The highest BCUT2D eigenvalue weighted by Crippen LogP contribution is 2.19. The van der Waals surface area contributed by atoms with Gasteiger partial charge < -0.3 is 10.6 Å². The number of rotatable bonds is 4. The van der Waals surface area contributed by atoms with Gasteiger partial charge in [-0.25, -0.2) is 0 Å². The highest BCUT2D eigenvalue weighted by molar-refractivity contribution is 6.28. The van der Waals surface area contributed by atoms with Gasteiger partial charge in [-0.05, 0) is 32.4 Å². The summed E-state index contributed by atoms with van der Waals surface area (Å²) in [6, 6.07) is 0. The summed E-state index contributed by atoms with van der Waals surface area (Å²) in [7, 11) is 0. The van der Waals surface area contributed by atoms with Crippen LogP contribution in [0.5, 0.6) is 0 Å². The molecule has 2 rings (SSSR count). The molecule has 8 heteroatoms. The van der Waals surface area contributed by atoms with Crippen LogP contribution in [-0.4, -0.2) is 38.2 Å². The van der Waals surface area contributed by atoms with E-state index in [1.165, 1.54) is 0 Å². The van der Waals surface area contributed by atoms with Crippen LogP contribution in [0.2, 0.25) is 5.28 Å². The average molecular weight is 297 g/mol. The number of hydrogen-bond acceptors (Lipinski definition) is 5. The molecule has 0 spiro atoms. The number of anilines is 1. The molecule has 0 aliphatic rings. The summed E-state index contributed by atoms with van der Waals surface area (Å²) in [6.45, 7) is 6.28. The van der Waals surface area contributed by atoms with Gasteiger partial charge in [0.1, 0.15) is 5.82 Å². The number of aromatic amines is 1. The Balaban J connectivity index is 1.96. The number of nitrogens with one attached hydrogen (secondary N) is 3. The second-order valence-electron chi connectivity index (χ2n) is 5.45. The van der Waals surface area contributed by atoms with Crippen molar-refractivity contribution >= 4 is 34.4 Å². The lowest BCUT2D eigenvalue weighted by Crippen LogP contribution is -2.41. The Morgan fingerprint density at radius 3 is 2.85 bits per heavy atom. The SMILES string of the molecule is CC(C)(C)NC(=O)CCNc1nc(Cl)nc2[nH]ncc12. The zero-order valence-electron chi connectivity index (χ0n) is 11.6. The molecule has 0 saturated carbocycles. The van der Waals surface area contributed by atoms with E-state index in [4.69, 9.17) is 11.6 Å². The summed E-state index contributed by atoms with van der Waals surface area (Å²) in [5.41, 5.74) is 0.333. The van der Waals surface area contributed by atoms with Crippen molar-refractivity contribution in [2.75, 3.05) is 11.9 Å². The Bertz CT molecular complexity index is 618. The van der Waals surface area contributed by atoms with Gasteiger partial charge in [0.2, 0.25) is 11.2 Å². The smallest absolute Gasteiger partial charge is 0.226 e. The van der Waals surface area contributed by atoms with E-state index < -0.39 is 0 Å². The predicted octanol–water partition coefficient (Wildman–Crippen LogP) is 1.72. The topological polar surface area (TPSA) is 95.6 Å². The number of hydrogen-bond donors (Lipinski definition) is 3. The number of carbonyl (C=O) groups excluding carboxylic acids is 1. The number of fused-ring (bicyclic) bond motifs is 1. The number of nitrogens with zero attached hydrogens (tertiary/aromatic N) is 3. The summed E-state index contributed by atoms with van der Waals surface area (Å²) in [6.07, 6.45) is 1.96. The van der Waals surface area contributed by atoms with E-state index in [1.807, 2.05) is 20.8 Å². The predicted molar refractivity (Wildman–Crippen MR) is 77.7 cm³/mol. The Kier molecular flexibility index (Phi) is 4.08. The molecule has 0 bridgehead atoms. The van der Waals surface area contributed by atoms with E-state index in [0.29, 0.717) is 24.4 Å². The summed E-state index contributed by atoms with van der Waals surface area (Å²) >= 11 is 5.82. The minimum Gasteiger partial charge on any atom is -0.369 e. The molecule has 0 atom stereocenters. The zero-order valence-corrected chi connectivity index (χ0v) is 12.4. The Morgan fingerprint density at radius 1 is 1.40 bits per heavy atom. The van der Waals surface area contributed by atoms with Gasteiger partial charge in [0.15, 0.2) is 5.65 Å². The number of H-pyrrole nitrogens is 1. The van der Waals surface area contributed by atoms with Crippen LogP contribution in [-0.2, 0) is 4.79 Å². The first-order valence-corrected chi connectivity index (χ1v) is 6.64. The second-order valence-corrected chi connectivity index (χ2v) is 5.79. The molecule has 108 valence electrons. The monoisotopic (exact) mass is 296 g/mol. The van der Waals surface area contributed by atoms with Crippen LogP contribution >= 0.6 is 11.6 Å². The van der Waals surface area contributed by atoms with Crippen molar-refractivity contribution in [3.05, 3.63) is 11.5 Å². The van der Waals surface area contributed by atoms with Gasteiger partial charge >= 0.3 is 0 Å². The van der Waals surface area contributed by atoms with Crippen molar-refractivity contribution < 1.29 is 4.79 Å². The third-order valence-corrected chi connectivity index (χ3v) is 2.61. The van der Waals surface area contributed by atoms with E-state index in [-0.39, 0.29) is 16.7 Å². The number of carbonyl (C=O) groups is 1. The van der Waals surface area contributed by atoms with Crippen LogP contribution in [0.1, 0.15) is 27.2 Å². The molecule has 0 saturated heterocycles. The van der Waals surface area contributed by atoms with Crippen LogP contribution in [0.4, 0.5) is 5.82 Å². The molecule has 0 fully saturated rings. The molecule has 20 heavy (non-hydrogen) atoms. The highest BCUT2D eigenvalue weighted by atomic mass is 35.5. The Labute approximate surface area is 121 Å². The summed E-state index contributed by atoms with van der Waals surface area (Å²) in [4.78, 5) is 19.8. The van der Waals surface area contributed by atoms with Crippen LogP contribution in [0, 0.1) is 0 Å². The number of halogens is 1. The van der Waals surface area contributed by atoms with E-state index in [9.17, 15) is 4.79 Å². The van der Waals surface area contributed by atoms with Gasteiger partial charge in [-0.1, -0.05) is 0 Å². The highest BCUT2D eigenvalue weighted by Gasteiger charge is 2.13. The molecule has 1 amide bonds. The fraction of sp³-hybridized carbons (Fsp3) is 0.500. The third-order valence-electron chi connectivity index (χ3n) is 2.44.